The summed E-state index contributed by atoms with van der Waals surface area (Å²) in [7, 11) is 3.15. The number of fused-ring (bicyclic) bond motifs is 1. The quantitative estimate of drug-likeness (QED) is 0.626. The van der Waals surface area contributed by atoms with Crippen molar-refractivity contribution in [1.82, 2.24) is 10.2 Å². The molecule has 2 aromatic rings. The highest BCUT2D eigenvalue weighted by atomic mass is 16.5. The molecule has 3 rings (SSSR count). The van der Waals surface area contributed by atoms with Gasteiger partial charge in [0, 0.05) is 6.54 Å². The summed E-state index contributed by atoms with van der Waals surface area (Å²) in [6.07, 6.45) is 1.22. The van der Waals surface area contributed by atoms with Gasteiger partial charge in [-0.3, -0.25) is 19.3 Å². The van der Waals surface area contributed by atoms with Crippen LogP contribution in [-0.2, 0) is 11.2 Å². The van der Waals surface area contributed by atoms with E-state index in [1.54, 1.807) is 38.5 Å². The number of carbonyl (C=O) groups is 3. The van der Waals surface area contributed by atoms with Crippen LogP contribution >= 0.6 is 0 Å². The van der Waals surface area contributed by atoms with Crippen LogP contribution in [0.15, 0.2) is 42.5 Å². The molecule has 2 atom stereocenters. The van der Waals surface area contributed by atoms with Crippen molar-refractivity contribution in [3.8, 4) is 11.5 Å². The fraction of sp³-hybridized carbons (Fsp3) is 0.375. The number of imide groups is 1. The number of amides is 3. The predicted octanol–water partition coefficient (Wildman–Crippen LogP) is 3.07. The summed E-state index contributed by atoms with van der Waals surface area (Å²) in [4.78, 5) is 40.0. The maximum absolute atomic E-state index is 13.1. The van der Waals surface area contributed by atoms with Crippen LogP contribution in [0.4, 0.5) is 0 Å². The molecule has 1 aliphatic rings. The normalized spacial score (nSPS) is 14.8. The third kappa shape index (κ3) is 4.40. The van der Waals surface area contributed by atoms with Crippen LogP contribution < -0.4 is 14.8 Å². The van der Waals surface area contributed by atoms with Gasteiger partial charge >= 0.3 is 0 Å². The van der Waals surface area contributed by atoms with Gasteiger partial charge in [0.2, 0.25) is 5.91 Å². The van der Waals surface area contributed by atoms with E-state index < -0.39 is 17.9 Å². The Morgan fingerprint density at radius 1 is 1.00 bits per heavy atom. The van der Waals surface area contributed by atoms with Crippen LogP contribution in [0.1, 0.15) is 46.5 Å². The summed E-state index contributed by atoms with van der Waals surface area (Å²) < 4.78 is 10.6. The number of methoxy groups -OCH3 is 2. The molecule has 0 fully saturated rings. The Kier molecular flexibility index (Phi) is 6.95. The predicted molar refractivity (Wildman–Crippen MR) is 116 cm³/mol. The van der Waals surface area contributed by atoms with E-state index in [2.05, 4.69) is 5.32 Å². The molecule has 0 radical (unpaired) electrons. The Balaban J connectivity index is 1.72. The summed E-state index contributed by atoms with van der Waals surface area (Å²) in [5, 5.41) is 2.90. The Hall–Kier alpha value is -3.35. The minimum Gasteiger partial charge on any atom is -0.493 e. The van der Waals surface area contributed by atoms with E-state index >= 15 is 0 Å². The maximum Gasteiger partial charge on any atom is 0.262 e. The van der Waals surface area contributed by atoms with Crippen molar-refractivity contribution in [3.63, 3.8) is 0 Å². The Morgan fingerprint density at radius 3 is 2.16 bits per heavy atom. The lowest BCUT2D eigenvalue weighted by Crippen LogP contribution is -2.53. The minimum absolute atomic E-state index is 0.178. The van der Waals surface area contributed by atoms with Gasteiger partial charge in [0.25, 0.3) is 11.8 Å². The lowest BCUT2D eigenvalue weighted by molar-refractivity contribution is -0.126. The van der Waals surface area contributed by atoms with Gasteiger partial charge in [0.15, 0.2) is 11.5 Å². The topological polar surface area (TPSA) is 84.9 Å². The summed E-state index contributed by atoms with van der Waals surface area (Å²) in [6, 6.07) is 11.4. The first kappa shape index (κ1) is 22.3. The molecule has 31 heavy (non-hydrogen) atoms. The summed E-state index contributed by atoms with van der Waals surface area (Å²) >= 11 is 0. The fourth-order valence-electron chi connectivity index (χ4n) is 3.78. The molecule has 1 heterocycles. The third-order valence-corrected chi connectivity index (χ3v) is 5.72. The SMILES string of the molecule is CCC(C)C(C(=O)NCCc1ccc(OC)c(OC)c1)N1C(=O)c2ccccc2C1=O. The second-order valence-corrected chi connectivity index (χ2v) is 7.59. The molecule has 1 N–H and O–H groups in total. The lowest BCUT2D eigenvalue weighted by atomic mass is 9.96. The van der Waals surface area contributed by atoms with Crippen LogP contribution in [0.2, 0.25) is 0 Å². The molecule has 2 aromatic carbocycles. The van der Waals surface area contributed by atoms with Crippen molar-refractivity contribution in [2.45, 2.75) is 32.7 Å². The Labute approximate surface area is 182 Å². The average molecular weight is 424 g/mol. The van der Waals surface area contributed by atoms with Gasteiger partial charge in [-0.2, -0.15) is 0 Å². The van der Waals surface area contributed by atoms with Crippen molar-refractivity contribution < 1.29 is 23.9 Å². The van der Waals surface area contributed by atoms with Crippen molar-refractivity contribution in [1.29, 1.82) is 0 Å². The second kappa shape index (κ2) is 9.64. The molecule has 0 aromatic heterocycles. The lowest BCUT2D eigenvalue weighted by Gasteiger charge is -2.29. The van der Waals surface area contributed by atoms with Crippen LogP contribution in [0.3, 0.4) is 0 Å². The van der Waals surface area contributed by atoms with Crippen LogP contribution in [0.5, 0.6) is 11.5 Å². The highest BCUT2D eigenvalue weighted by molar-refractivity contribution is 6.22. The Bertz CT molecular complexity index is 953. The van der Waals surface area contributed by atoms with E-state index in [9.17, 15) is 14.4 Å². The molecule has 0 aliphatic carbocycles. The third-order valence-electron chi connectivity index (χ3n) is 5.72. The van der Waals surface area contributed by atoms with E-state index in [4.69, 9.17) is 9.47 Å². The monoisotopic (exact) mass is 424 g/mol. The van der Waals surface area contributed by atoms with Gasteiger partial charge in [0.1, 0.15) is 6.04 Å². The minimum atomic E-state index is -0.859. The smallest absolute Gasteiger partial charge is 0.262 e. The number of nitrogens with one attached hydrogen (secondary N) is 1. The largest absolute Gasteiger partial charge is 0.493 e. The average Bonchev–Trinajstić information content (AvgIpc) is 3.04. The number of rotatable bonds is 9. The standard InChI is InChI=1S/C24H28N2O5/c1-5-15(2)21(26-23(28)17-8-6-7-9-18(17)24(26)29)22(27)25-13-12-16-10-11-19(30-3)20(14-16)31-4/h6-11,14-15,21H,5,12-13H2,1-4H3,(H,25,27). The van der Waals surface area contributed by atoms with E-state index in [0.29, 0.717) is 42.0 Å². The molecule has 7 heteroatoms. The first-order valence-electron chi connectivity index (χ1n) is 10.4. The molecule has 0 bridgehead atoms. The van der Waals surface area contributed by atoms with Gasteiger partial charge in [0.05, 0.1) is 25.3 Å². The molecule has 164 valence electrons. The highest BCUT2D eigenvalue weighted by Crippen LogP contribution is 2.29. The molecular formula is C24H28N2O5. The molecular weight excluding hydrogens is 396 g/mol. The van der Waals surface area contributed by atoms with Crippen molar-refractivity contribution in [3.05, 3.63) is 59.2 Å². The number of ether oxygens (including phenoxy) is 2. The van der Waals surface area contributed by atoms with E-state index in [0.717, 1.165) is 10.5 Å². The molecule has 0 saturated heterocycles. The maximum atomic E-state index is 13.1. The van der Waals surface area contributed by atoms with Crippen molar-refractivity contribution in [2.75, 3.05) is 20.8 Å². The van der Waals surface area contributed by atoms with Gasteiger partial charge < -0.3 is 14.8 Å². The van der Waals surface area contributed by atoms with Crippen LogP contribution in [0, 0.1) is 5.92 Å². The van der Waals surface area contributed by atoms with E-state index in [-0.39, 0.29) is 11.8 Å². The zero-order valence-corrected chi connectivity index (χ0v) is 18.3. The van der Waals surface area contributed by atoms with Crippen molar-refractivity contribution in [2.24, 2.45) is 5.92 Å². The fourth-order valence-corrected chi connectivity index (χ4v) is 3.78. The van der Waals surface area contributed by atoms with Crippen molar-refractivity contribution >= 4 is 17.7 Å². The van der Waals surface area contributed by atoms with Gasteiger partial charge in [-0.15, -0.1) is 0 Å². The van der Waals surface area contributed by atoms with E-state index in [1.807, 2.05) is 32.0 Å². The number of hydrogen-bond donors (Lipinski definition) is 1. The first-order valence-corrected chi connectivity index (χ1v) is 10.4. The summed E-state index contributed by atoms with van der Waals surface area (Å²) in [5.41, 5.74) is 1.66. The van der Waals surface area contributed by atoms with Gasteiger partial charge in [-0.05, 0) is 42.2 Å². The van der Waals surface area contributed by atoms with Crippen LogP contribution in [0.25, 0.3) is 0 Å². The molecule has 2 unspecified atom stereocenters. The molecule has 0 spiro atoms. The zero-order chi connectivity index (χ0) is 22.5. The molecule has 0 saturated carbocycles. The summed E-state index contributed by atoms with van der Waals surface area (Å²) in [6.45, 7) is 4.18. The highest BCUT2D eigenvalue weighted by Gasteiger charge is 2.44. The number of benzene rings is 2. The summed E-state index contributed by atoms with van der Waals surface area (Å²) in [5.74, 6) is -0.0814. The van der Waals surface area contributed by atoms with E-state index in [1.165, 1.54) is 0 Å². The number of nitrogens with zero attached hydrogens (tertiary/aromatic N) is 1. The first-order chi connectivity index (χ1) is 14.9. The molecule has 1 aliphatic heterocycles. The van der Waals surface area contributed by atoms with Crippen LogP contribution in [-0.4, -0.2) is 49.4 Å². The molecule has 3 amide bonds. The van der Waals surface area contributed by atoms with Gasteiger partial charge in [-0.25, -0.2) is 0 Å². The second-order valence-electron chi connectivity index (χ2n) is 7.59. The molecule has 7 nitrogen and oxygen atoms in total. The Morgan fingerprint density at radius 2 is 1.61 bits per heavy atom. The number of hydrogen-bond acceptors (Lipinski definition) is 5. The zero-order valence-electron chi connectivity index (χ0n) is 18.3. The van der Waals surface area contributed by atoms with Gasteiger partial charge in [-0.1, -0.05) is 38.5 Å². The number of carbonyl (C=O) groups excluding carboxylic acids is 3.